The molecule has 8 heteroatoms. The Balaban J connectivity index is 1.95. The Morgan fingerprint density at radius 1 is 1.13 bits per heavy atom. The first-order valence-electron chi connectivity index (χ1n) is 7.24. The maximum absolute atomic E-state index is 12.8. The van der Waals surface area contributed by atoms with Gasteiger partial charge in [0.2, 0.25) is 10.0 Å². The van der Waals surface area contributed by atoms with Crippen molar-refractivity contribution in [3.8, 4) is 0 Å². The first-order valence-corrected chi connectivity index (χ1v) is 8.68. The highest BCUT2D eigenvalue weighted by Crippen LogP contribution is 2.32. The Morgan fingerprint density at radius 3 is 2.39 bits per heavy atom. The van der Waals surface area contributed by atoms with Crippen LogP contribution in [0.1, 0.15) is 24.4 Å². The Morgan fingerprint density at radius 2 is 1.78 bits per heavy atom. The van der Waals surface area contributed by atoms with E-state index in [1.54, 1.807) is 0 Å². The lowest BCUT2D eigenvalue weighted by Crippen LogP contribution is -2.40. The molecule has 2 heterocycles. The van der Waals surface area contributed by atoms with Crippen molar-refractivity contribution in [3.05, 3.63) is 57.9 Å². The number of sulfonamides is 1. The third-order valence-corrected chi connectivity index (χ3v) is 6.28. The molecule has 0 spiro atoms. The molecule has 0 bridgehead atoms. The SMILES string of the molecule is Cc1ccc2n1CCN(S(=O)(=O)c1ccc([N+](=O)[O-])cc1)[C@H]2C. The minimum atomic E-state index is -3.69. The number of nitrogens with zero attached hydrogens (tertiary/aromatic N) is 3. The molecule has 0 radical (unpaired) electrons. The van der Waals surface area contributed by atoms with Crippen LogP contribution in [0.4, 0.5) is 5.69 Å². The average Bonchev–Trinajstić information content (AvgIpc) is 2.90. The summed E-state index contributed by atoms with van der Waals surface area (Å²) in [5.74, 6) is 0. The lowest BCUT2D eigenvalue weighted by atomic mass is 10.2. The zero-order valence-electron chi connectivity index (χ0n) is 12.8. The van der Waals surface area contributed by atoms with E-state index in [0.717, 1.165) is 11.4 Å². The molecule has 3 rings (SSSR count). The quantitative estimate of drug-likeness (QED) is 0.637. The Hall–Kier alpha value is -2.19. The van der Waals surface area contributed by atoms with Gasteiger partial charge in [-0.05, 0) is 38.1 Å². The van der Waals surface area contributed by atoms with Crippen molar-refractivity contribution < 1.29 is 13.3 Å². The fraction of sp³-hybridized carbons (Fsp3) is 0.333. The van der Waals surface area contributed by atoms with Crippen LogP contribution >= 0.6 is 0 Å². The number of hydrogen-bond donors (Lipinski definition) is 0. The molecule has 0 amide bonds. The van der Waals surface area contributed by atoms with E-state index in [9.17, 15) is 18.5 Å². The lowest BCUT2D eigenvalue weighted by molar-refractivity contribution is -0.384. The third kappa shape index (κ3) is 2.53. The molecule has 122 valence electrons. The van der Waals surface area contributed by atoms with Gasteiger partial charge in [0.15, 0.2) is 0 Å². The molecule has 0 unspecified atom stereocenters. The minimum absolute atomic E-state index is 0.0756. The predicted octanol–water partition coefficient (Wildman–Crippen LogP) is 2.47. The number of nitro groups is 1. The minimum Gasteiger partial charge on any atom is -0.346 e. The lowest BCUT2D eigenvalue weighted by Gasteiger charge is -2.34. The van der Waals surface area contributed by atoms with E-state index in [4.69, 9.17) is 0 Å². The fourth-order valence-electron chi connectivity index (χ4n) is 3.00. The summed E-state index contributed by atoms with van der Waals surface area (Å²) in [6.07, 6.45) is 0. The number of nitro benzene ring substituents is 1. The van der Waals surface area contributed by atoms with Crippen LogP contribution in [-0.2, 0) is 16.6 Å². The second-order valence-electron chi connectivity index (χ2n) is 5.59. The zero-order valence-corrected chi connectivity index (χ0v) is 13.7. The summed E-state index contributed by atoms with van der Waals surface area (Å²) in [5.41, 5.74) is 1.94. The Kier molecular flexibility index (Phi) is 3.73. The third-order valence-electron chi connectivity index (χ3n) is 4.29. The number of fused-ring (bicyclic) bond motifs is 1. The van der Waals surface area contributed by atoms with E-state index in [2.05, 4.69) is 4.57 Å². The van der Waals surface area contributed by atoms with Gasteiger partial charge >= 0.3 is 0 Å². The van der Waals surface area contributed by atoms with Gasteiger partial charge in [-0.15, -0.1) is 0 Å². The van der Waals surface area contributed by atoms with Crippen LogP contribution in [-0.4, -0.2) is 28.8 Å². The summed E-state index contributed by atoms with van der Waals surface area (Å²) in [4.78, 5) is 10.2. The summed E-state index contributed by atoms with van der Waals surface area (Å²) < 4.78 is 29.2. The molecule has 1 aromatic heterocycles. The molecular formula is C15H17N3O4S. The molecule has 0 saturated heterocycles. The van der Waals surface area contributed by atoms with Crippen LogP contribution in [0.5, 0.6) is 0 Å². The Labute approximate surface area is 134 Å². The molecule has 1 aliphatic heterocycles. The van der Waals surface area contributed by atoms with Crippen molar-refractivity contribution in [3.63, 3.8) is 0 Å². The monoisotopic (exact) mass is 335 g/mol. The molecule has 0 N–H and O–H groups in total. The highest BCUT2D eigenvalue weighted by atomic mass is 32.2. The number of rotatable bonds is 3. The van der Waals surface area contributed by atoms with Crippen LogP contribution in [0, 0.1) is 17.0 Å². The second-order valence-corrected chi connectivity index (χ2v) is 7.48. The average molecular weight is 335 g/mol. The van der Waals surface area contributed by atoms with E-state index in [-0.39, 0.29) is 16.6 Å². The molecule has 0 aliphatic carbocycles. The second kappa shape index (κ2) is 5.47. The van der Waals surface area contributed by atoms with E-state index in [1.165, 1.54) is 28.6 Å². The predicted molar refractivity (Wildman–Crippen MR) is 84.6 cm³/mol. The summed E-state index contributed by atoms with van der Waals surface area (Å²) in [7, 11) is -3.69. The summed E-state index contributed by atoms with van der Waals surface area (Å²) in [5, 5.41) is 10.7. The van der Waals surface area contributed by atoms with Crippen molar-refractivity contribution in [2.24, 2.45) is 0 Å². The molecule has 1 atom stereocenters. The van der Waals surface area contributed by atoms with Crippen LogP contribution in [0.15, 0.2) is 41.3 Å². The Bertz CT molecular complexity index is 855. The van der Waals surface area contributed by atoms with Crippen molar-refractivity contribution in [1.82, 2.24) is 8.87 Å². The molecule has 7 nitrogen and oxygen atoms in total. The molecular weight excluding hydrogens is 318 g/mol. The van der Waals surface area contributed by atoms with Gasteiger partial charge in [0.05, 0.1) is 15.9 Å². The zero-order chi connectivity index (χ0) is 16.8. The maximum atomic E-state index is 12.8. The number of aryl methyl sites for hydroxylation is 1. The topological polar surface area (TPSA) is 85.5 Å². The fourth-order valence-corrected chi connectivity index (χ4v) is 4.60. The first kappa shape index (κ1) is 15.7. The molecule has 0 fully saturated rings. The van der Waals surface area contributed by atoms with Crippen LogP contribution in [0.2, 0.25) is 0 Å². The molecule has 1 aromatic carbocycles. The van der Waals surface area contributed by atoms with Gasteiger partial charge in [0.25, 0.3) is 5.69 Å². The van der Waals surface area contributed by atoms with Gasteiger partial charge in [-0.2, -0.15) is 4.31 Å². The van der Waals surface area contributed by atoms with Crippen LogP contribution < -0.4 is 0 Å². The molecule has 2 aromatic rings. The standard InChI is InChI=1S/C15H17N3O4S/c1-11-3-8-15-12(2)17(10-9-16(11)15)23(21,22)14-6-4-13(5-7-14)18(19)20/h3-8,12H,9-10H2,1-2H3/t12-/m0/s1. The molecule has 23 heavy (non-hydrogen) atoms. The van der Waals surface area contributed by atoms with E-state index in [1.807, 2.05) is 26.0 Å². The van der Waals surface area contributed by atoms with Gasteiger partial charge in [-0.3, -0.25) is 10.1 Å². The van der Waals surface area contributed by atoms with Gasteiger partial charge in [0.1, 0.15) is 0 Å². The van der Waals surface area contributed by atoms with Gasteiger partial charge in [-0.1, -0.05) is 0 Å². The van der Waals surface area contributed by atoms with E-state index < -0.39 is 14.9 Å². The van der Waals surface area contributed by atoms with Gasteiger partial charge in [-0.25, -0.2) is 8.42 Å². The van der Waals surface area contributed by atoms with Crippen molar-refractivity contribution >= 4 is 15.7 Å². The number of hydrogen-bond acceptors (Lipinski definition) is 4. The largest absolute Gasteiger partial charge is 0.346 e. The number of non-ortho nitro benzene ring substituents is 1. The van der Waals surface area contributed by atoms with Crippen molar-refractivity contribution in [2.75, 3.05) is 6.54 Å². The van der Waals surface area contributed by atoms with Crippen molar-refractivity contribution in [2.45, 2.75) is 31.3 Å². The highest BCUT2D eigenvalue weighted by molar-refractivity contribution is 7.89. The van der Waals surface area contributed by atoms with Crippen molar-refractivity contribution in [1.29, 1.82) is 0 Å². The van der Waals surface area contributed by atoms with E-state index in [0.29, 0.717) is 13.1 Å². The van der Waals surface area contributed by atoms with Gasteiger partial charge in [0, 0.05) is 36.6 Å². The normalized spacial score (nSPS) is 18.6. The van der Waals surface area contributed by atoms with E-state index >= 15 is 0 Å². The summed E-state index contributed by atoms with van der Waals surface area (Å²) in [6, 6.07) is 8.66. The number of benzene rings is 1. The highest BCUT2D eigenvalue weighted by Gasteiger charge is 2.34. The van der Waals surface area contributed by atoms with Crippen LogP contribution in [0.25, 0.3) is 0 Å². The molecule has 0 saturated carbocycles. The summed E-state index contributed by atoms with van der Waals surface area (Å²) >= 11 is 0. The molecule has 1 aliphatic rings. The smallest absolute Gasteiger partial charge is 0.269 e. The summed E-state index contributed by atoms with van der Waals surface area (Å²) in [6.45, 7) is 4.83. The first-order chi connectivity index (χ1) is 10.8. The van der Waals surface area contributed by atoms with Gasteiger partial charge < -0.3 is 4.57 Å². The van der Waals surface area contributed by atoms with Crippen LogP contribution in [0.3, 0.4) is 0 Å². The number of aromatic nitrogens is 1. The maximum Gasteiger partial charge on any atom is 0.269 e.